The molecule has 8 atom stereocenters. The first-order valence-electron chi connectivity index (χ1n) is 16.9. The smallest absolute Gasteiger partial charge is 0.313 e. The number of aliphatic hydroxyl groups is 1. The van der Waals surface area contributed by atoms with Crippen molar-refractivity contribution in [1.29, 1.82) is 0 Å². The molecule has 3 saturated heterocycles. The minimum atomic E-state index is -1.37. The number of hydrogen-bond acceptors (Lipinski definition) is 8. The third-order valence-corrected chi connectivity index (χ3v) is 10.8. The second-order valence-corrected chi connectivity index (χ2v) is 14.3. The van der Waals surface area contributed by atoms with Crippen LogP contribution < -0.4 is 10.2 Å². The number of carbonyl (C=O) groups excluding carboxylic acids is 4. The molecule has 3 aliphatic rings. The number of allylic oxidation sites excluding steroid dienone is 1. The van der Waals surface area contributed by atoms with Crippen LogP contribution >= 0.6 is 15.9 Å². The topological polar surface area (TPSA) is 135 Å². The Morgan fingerprint density at radius 2 is 1.84 bits per heavy atom. The molecule has 3 heterocycles. The van der Waals surface area contributed by atoms with Gasteiger partial charge in [-0.3, -0.25) is 19.2 Å². The van der Waals surface area contributed by atoms with Gasteiger partial charge in [-0.15, -0.1) is 13.2 Å². The number of ether oxygens (including phenoxy) is 3. The van der Waals surface area contributed by atoms with Crippen molar-refractivity contribution < 1.29 is 38.5 Å². The van der Waals surface area contributed by atoms with E-state index in [1.807, 2.05) is 38.1 Å². The van der Waals surface area contributed by atoms with E-state index in [2.05, 4.69) is 34.4 Å². The van der Waals surface area contributed by atoms with Gasteiger partial charge in [-0.1, -0.05) is 76.6 Å². The highest BCUT2D eigenvalue weighted by Crippen LogP contribution is 2.60. The summed E-state index contributed by atoms with van der Waals surface area (Å²) in [4.78, 5) is 59.2. The minimum Gasteiger partial charge on any atom is -0.455 e. The molecule has 11 nitrogen and oxygen atoms in total. The Morgan fingerprint density at radius 3 is 2.46 bits per heavy atom. The summed E-state index contributed by atoms with van der Waals surface area (Å²) >= 11 is 3.71. The molecular formula is C38H46BrN3O8. The first-order valence-corrected chi connectivity index (χ1v) is 17.8. The number of carbonyl (C=O) groups is 4. The fourth-order valence-corrected chi connectivity index (χ4v) is 8.89. The monoisotopic (exact) mass is 751 g/mol. The summed E-state index contributed by atoms with van der Waals surface area (Å²) in [6.07, 6.45) is 2.51. The molecule has 5 rings (SSSR count). The summed E-state index contributed by atoms with van der Waals surface area (Å²) in [5.41, 5.74) is 1.71. The van der Waals surface area contributed by atoms with Crippen LogP contribution in [0.25, 0.3) is 0 Å². The summed E-state index contributed by atoms with van der Waals surface area (Å²) in [6.45, 7) is 11.1. The molecule has 0 aromatic heterocycles. The summed E-state index contributed by atoms with van der Waals surface area (Å²) < 4.78 is 18.4. The Hall–Kier alpha value is -3.84. The Labute approximate surface area is 301 Å². The third-order valence-electron chi connectivity index (χ3n) is 9.93. The minimum absolute atomic E-state index is 0.0446. The average Bonchev–Trinajstić information content (AvgIpc) is 3.69. The highest BCUT2D eigenvalue weighted by atomic mass is 79.9. The van der Waals surface area contributed by atoms with Crippen LogP contribution in [-0.4, -0.2) is 95.7 Å². The molecule has 0 aliphatic carbocycles. The Balaban J connectivity index is 1.52. The zero-order chi connectivity index (χ0) is 36.2. The Bertz CT molecular complexity index is 1580. The van der Waals surface area contributed by atoms with Crippen molar-refractivity contribution in [3.8, 4) is 0 Å². The normalized spacial score (nSPS) is 26.2. The van der Waals surface area contributed by atoms with Crippen LogP contribution in [0.2, 0.25) is 0 Å². The van der Waals surface area contributed by atoms with Gasteiger partial charge in [0.2, 0.25) is 11.8 Å². The SMILES string of the molecule is C=CCCC(=O)N[C@H](COC)[C@H](OC(=O)[C@@H]1[C@H]2O[C@@]3(CC2Br)[C@H](C(=O)N(CC=C)c2c(C)cccc2C)N(CCO)C(=O)[C@@H]13)c1ccccc1. The lowest BCUT2D eigenvalue weighted by Crippen LogP contribution is -2.57. The number of esters is 1. The van der Waals surface area contributed by atoms with Crippen LogP contribution in [0.4, 0.5) is 5.69 Å². The predicted octanol–water partition coefficient (Wildman–Crippen LogP) is 3.94. The number of β-amino-alcohol motifs (C(OH)–C–C–N with tert-alkyl or cyclic N) is 1. The first kappa shape index (κ1) is 37.4. The summed E-state index contributed by atoms with van der Waals surface area (Å²) in [5.74, 6) is -3.90. The summed E-state index contributed by atoms with van der Waals surface area (Å²) in [5, 5.41) is 13.1. The number of nitrogens with one attached hydrogen (secondary N) is 1. The highest BCUT2D eigenvalue weighted by molar-refractivity contribution is 9.09. The molecule has 1 spiro atoms. The fraction of sp³-hybridized carbons (Fsp3) is 0.474. The number of methoxy groups -OCH3 is 1. The van der Waals surface area contributed by atoms with Gasteiger partial charge in [0.1, 0.15) is 17.7 Å². The number of hydrogen-bond donors (Lipinski definition) is 2. The fourth-order valence-electron chi connectivity index (χ4n) is 7.95. The van der Waals surface area contributed by atoms with Gasteiger partial charge in [0.15, 0.2) is 0 Å². The van der Waals surface area contributed by atoms with E-state index in [0.29, 0.717) is 24.1 Å². The van der Waals surface area contributed by atoms with Gasteiger partial charge in [0, 0.05) is 37.1 Å². The van der Waals surface area contributed by atoms with Gasteiger partial charge in [0.05, 0.1) is 37.2 Å². The van der Waals surface area contributed by atoms with E-state index in [1.54, 1.807) is 41.3 Å². The van der Waals surface area contributed by atoms with E-state index in [4.69, 9.17) is 14.2 Å². The maximum atomic E-state index is 14.8. The molecule has 2 aromatic rings. The molecular weight excluding hydrogens is 706 g/mol. The average molecular weight is 753 g/mol. The number of alkyl halides is 1. The van der Waals surface area contributed by atoms with Crippen molar-refractivity contribution >= 4 is 45.3 Å². The molecule has 0 radical (unpaired) electrons. The van der Waals surface area contributed by atoms with Crippen LogP contribution in [0.5, 0.6) is 0 Å². The quantitative estimate of drug-likeness (QED) is 0.150. The molecule has 2 bridgehead atoms. The van der Waals surface area contributed by atoms with Crippen LogP contribution in [0.3, 0.4) is 0 Å². The second-order valence-electron chi connectivity index (χ2n) is 13.1. The first-order chi connectivity index (χ1) is 24.0. The highest BCUT2D eigenvalue weighted by Gasteiger charge is 2.77. The van der Waals surface area contributed by atoms with Gasteiger partial charge >= 0.3 is 5.97 Å². The third kappa shape index (κ3) is 6.90. The molecule has 0 saturated carbocycles. The van der Waals surface area contributed by atoms with Crippen molar-refractivity contribution in [2.75, 3.05) is 38.3 Å². The number of anilines is 1. The molecule has 50 heavy (non-hydrogen) atoms. The number of aryl methyl sites for hydroxylation is 2. The van der Waals surface area contributed by atoms with Gasteiger partial charge in [0.25, 0.3) is 5.91 Å². The summed E-state index contributed by atoms with van der Waals surface area (Å²) in [6, 6.07) is 12.9. The number of nitrogens with zero attached hydrogens (tertiary/aromatic N) is 2. The maximum absolute atomic E-state index is 14.8. The van der Waals surface area contributed by atoms with Crippen molar-refractivity contribution in [3.05, 3.63) is 90.5 Å². The molecule has 1 unspecified atom stereocenters. The van der Waals surface area contributed by atoms with Gasteiger partial charge in [-0.2, -0.15) is 0 Å². The van der Waals surface area contributed by atoms with Gasteiger partial charge < -0.3 is 34.4 Å². The van der Waals surface area contributed by atoms with Crippen LogP contribution in [0.1, 0.15) is 42.1 Å². The zero-order valence-electron chi connectivity index (χ0n) is 28.8. The molecule has 3 amide bonds. The van der Waals surface area contributed by atoms with Gasteiger partial charge in [-0.25, -0.2) is 0 Å². The van der Waals surface area contributed by atoms with Gasteiger partial charge in [-0.05, 0) is 43.4 Å². The second kappa shape index (κ2) is 16.0. The van der Waals surface area contributed by atoms with E-state index in [0.717, 1.165) is 11.1 Å². The molecule has 3 fully saturated rings. The number of aliphatic hydroxyl groups excluding tert-OH is 1. The number of para-hydroxylation sites is 1. The zero-order valence-corrected chi connectivity index (χ0v) is 30.3. The largest absolute Gasteiger partial charge is 0.455 e. The lowest BCUT2D eigenvalue weighted by atomic mass is 9.70. The number of likely N-dealkylation sites (tertiary alicyclic amines) is 1. The molecule has 2 N–H and O–H groups in total. The molecule has 268 valence electrons. The van der Waals surface area contributed by atoms with E-state index in [9.17, 15) is 24.3 Å². The maximum Gasteiger partial charge on any atom is 0.313 e. The van der Waals surface area contributed by atoms with Crippen LogP contribution in [0.15, 0.2) is 73.8 Å². The van der Waals surface area contributed by atoms with E-state index < -0.39 is 53.6 Å². The van der Waals surface area contributed by atoms with Crippen LogP contribution in [0, 0.1) is 25.7 Å². The Morgan fingerprint density at radius 1 is 1.14 bits per heavy atom. The number of amides is 3. The standard InChI is InChI=1S/C38H46BrN3O8/c1-6-8-17-28(44)40-27(22-48-5)32(25-15-10-9-11-16-25)49-37(47)29-30-35(45)42(19-20-43)34(38(30)21-26(39)33(29)50-38)36(46)41(18-7-2)31-23(3)13-12-14-24(31)4/h6-7,9-16,26-27,29-30,32-34,43H,1-2,8,17-22H2,3-5H3,(H,40,44)/t26?,27-,29+,30-,32-,33+,34+,38-/m1/s1. The van der Waals surface area contributed by atoms with E-state index >= 15 is 0 Å². The van der Waals surface area contributed by atoms with E-state index in [1.165, 1.54) is 12.0 Å². The van der Waals surface area contributed by atoms with Crippen molar-refractivity contribution in [2.24, 2.45) is 11.8 Å². The van der Waals surface area contributed by atoms with Crippen molar-refractivity contribution in [3.63, 3.8) is 0 Å². The predicted molar refractivity (Wildman–Crippen MR) is 191 cm³/mol. The molecule has 12 heteroatoms. The molecule has 2 aromatic carbocycles. The number of benzene rings is 2. The Kier molecular flexibility index (Phi) is 12.0. The van der Waals surface area contributed by atoms with Crippen molar-refractivity contribution in [2.45, 2.75) is 67.8 Å². The summed E-state index contributed by atoms with van der Waals surface area (Å²) in [7, 11) is 1.49. The van der Waals surface area contributed by atoms with Crippen LogP contribution in [-0.2, 0) is 33.4 Å². The number of fused-ring (bicyclic) bond motifs is 1. The van der Waals surface area contributed by atoms with Crippen molar-refractivity contribution in [1.82, 2.24) is 10.2 Å². The van der Waals surface area contributed by atoms with E-state index in [-0.39, 0.29) is 49.4 Å². The number of rotatable bonds is 16. The lowest BCUT2D eigenvalue weighted by molar-refractivity contribution is -0.163. The molecule has 3 aliphatic heterocycles. The number of halogens is 1. The lowest BCUT2D eigenvalue weighted by Gasteiger charge is -2.37.